The average molecular weight is 275 g/mol. The third-order valence-electron chi connectivity index (χ3n) is 1.73. The summed E-state index contributed by atoms with van der Waals surface area (Å²) in [6, 6.07) is 5.31. The standard InChI is InChI=1S/C9H10N2O3.BrH/c12-9(13)4-6-11-5-2-1-3-8(11)7-10-14;/h1-3,5,7H,4,6H2,(H,12,13);1H. The molecular formula is C9H11BrN2O3. The lowest BCUT2D eigenvalue weighted by Crippen LogP contribution is -3.00. The van der Waals surface area contributed by atoms with E-state index in [1.54, 1.807) is 29.0 Å². The Morgan fingerprint density at radius 1 is 1.53 bits per heavy atom. The van der Waals surface area contributed by atoms with E-state index in [1.807, 2.05) is 0 Å². The van der Waals surface area contributed by atoms with Gasteiger partial charge in [0.15, 0.2) is 12.7 Å². The minimum Gasteiger partial charge on any atom is -1.00 e. The fraction of sp³-hybridized carbons (Fsp3) is 0.222. The Morgan fingerprint density at radius 3 is 2.87 bits per heavy atom. The van der Waals surface area contributed by atoms with Crippen LogP contribution in [0.25, 0.3) is 0 Å². The van der Waals surface area contributed by atoms with Gasteiger partial charge < -0.3 is 27.3 Å². The topological polar surface area (TPSA) is 73.8 Å². The van der Waals surface area contributed by atoms with Crippen LogP contribution in [-0.4, -0.2) is 22.5 Å². The van der Waals surface area contributed by atoms with Crippen LogP contribution in [0.3, 0.4) is 0 Å². The summed E-state index contributed by atoms with van der Waals surface area (Å²) >= 11 is 0. The maximum absolute atomic E-state index is 10.3. The van der Waals surface area contributed by atoms with Crippen molar-refractivity contribution in [2.45, 2.75) is 13.0 Å². The molecule has 1 rings (SSSR count). The summed E-state index contributed by atoms with van der Waals surface area (Å²) in [7, 11) is 0. The summed E-state index contributed by atoms with van der Waals surface area (Å²) in [5.41, 5.74) is 0.663. The summed E-state index contributed by atoms with van der Waals surface area (Å²) in [6.45, 7) is 0.359. The second kappa shape index (κ2) is 6.94. The highest BCUT2D eigenvalue weighted by molar-refractivity contribution is 5.74. The third-order valence-corrected chi connectivity index (χ3v) is 1.73. The molecule has 1 aromatic heterocycles. The summed E-state index contributed by atoms with van der Waals surface area (Å²) in [5, 5.41) is 19.8. The summed E-state index contributed by atoms with van der Waals surface area (Å²) in [5.74, 6) is -0.853. The first-order valence-corrected chi connectivity index (χ1v) is 4.11. The number of pyridine rings is 1. The summed E-state index contributed by atoms with van der Waals surface area (Å²) < 4.78 is 1.70. The molecule has 0 saturated heterocycles. The Hall–Kier alpha value is -1.43. The molecule has 0 radical (unpaired) electrons. The van der Waals surface area contributed by atoms with E-state index >= 15 is 0 Å². The lowest BCUT2D eigenvalue weighted by molar-refractivity contribution is -0.696. The fourth-order valence-electron chi connectivity index (χ4n) is 1.09. The van der Waals surface area contributed by atoms with Crippen molar-refractivity contribution in [2.24, 2.45) is 5.16 Å². The van der Waals surface area contributed by atoms with Crippen LogP contribution in [0.1, 0.15) is 12.1 Å². The molecular weight excluding hydrogens is 264 g/mol. The maximum atomic E-state index is 10.3. The molecule has 0 fully saturated rings. The van der Waals surface area contributed by atoms with E-state index < -0.39 is 5.97 Å². The van der Waals surface area contributed by atoms with E-state index in [9.17, 15) is 4.79 Å². The van der Waals surface area contributed by atoms with E-state index in [-0.39, 0.29) is 23.4 Å². The van der Waals surface area contributed by atoms with E-state index in [0.29, 0.717) is 12.2 Å². The molecule has 0 unspecified atom stereocenters. The summed E-state index contributed by atoms with van der Waals surface area (Å²) in [4.78, 5) is 10.3. The SMILES string of the molecule is O=C(O)CC[n+]1ccccc1/C=N/O.[Br-]. The molecule has 0 aliphatic carbocycles. The summed E-state index contributed by atoms with van der Waals surface area (Å²) in [6.07, 6.45) is 3.04. The highest BCUT2D eigenvalue weighted by Crippen LogP contribution is 1.89. The van der Waals surface area contributed by atoms with Crippen molar-refractivity contribution in [3.05, 3.63) is 30.1 Å². The number of nitrogens with zero attached hydrogens (tertiary/aromatic N) is 2. The lowest BCUT2D eigenvalue weighted by atomic mass is 10.3. The van der Waals surface area contributed by atoms with Gasteiger partial charge >= 0.3 is 5.97 Å². The number of aryl methyl sites for hydroxylation is 1. The molecule has 1 aromatic rings. The van der Waals surface area contributed by atoms with Gasteiger partial charge in [0.2, 0.25) is 5.69 Å². The van der Waals surface area contributed by atoms with Crippen LogP contribution in [0.4, 0.5) is 0 Å². The molecule has 0 atom stereocenters. The number of carboxylic acid groups (broad SMARTS) is 1. The second-order valence-corrected chi connectivity index (χ2v) is 2.71. The zero-order valence-corrected chi connectivity index (χ0v) is 9.46. The van der Waals surface area contributed by atoms with Gasteiger partial charge in [-0.25, -0.2) is 0 Å². The van der Waals surface area contributed by atoms with Gasteiger partial charge in [0.25, 0.3) is 0 Å². The van der Waals surface area contributed by atoms with Crippen LogP contribution in [0.15, 0.2) is 29.6 Å². The number of carbonyl (C=O) groups is 1. The van der Waals surface area contributed by atoms with Crippen molar-refractivity contribution in [1.82, 2.24) is 0 Å². The molecule has 0 amide bonds. The highest BCUT2D eigenvalue weighted by Gasteiger charge is 2.09. The van der Waals surface area contributed by atoms with Gasteiger partial charge in [-0.15, -0.1) is 0 Å². The van der Waals surface area contributed by atoms with Gasteiger partial charge in [-0.2, -0.15) is 4.57 Å². The molecule has 1 heterocycles. The molecule has 6 heteroatoms. The molecule has 15 heavy (non-hydrogen) atoms. The minimum absolute atomic E-state index is 0. The van der Waals surface area contributed by atoms with Crippen LogP contribution < -0.4 is 21.5 Å². The molecule has 82 valence electrons. The molecule has 0 aliphatic rings. The predicted octanol–water partition coefficient (Wildman–Crippen LogP) is -2.74. The second-order valence-electron chi connectivity index (χ2n) is 2.71. The predicted molar refractivity (Wildman–Crippen MR) is 48.3 cm³/mol. The molecule has 0 aliphatic heterocycles. The smallest absolute Gasteiger partial charge is 0.309 e. The molecule has 2 N–H and O–H groups in total. The number of oxime groups is 1. The minimum atomic E-state index is -0.853. The number of aromatic nitrogens is 1. The monoisotopic (exact) mass is 274 g/mol. The molecule has 0 bridgehead atoms. The first-order chi connectivity index (χ1) is 6.74. The van der Waals surface area contributed by atoms with E-state index in [4.69, 9.17) is 10.3 Å². The van der Waals surface area contributed by atoms with Gasteiger partial charge in [0, 0.05) is 12.1 Å². The Balaban J connectivity index is 0.00000196. The van der Waals surface area contributed by atoms with Gasteiger partial charge in [-0.1, -0.05) is 5.16 Å². The molecule has 0 saturated carbocycles. The van der Waals surface area contributed by atoms with Crippen molar-refractivity contribution < 1.29 is 36.7 Å². The van der Waals surface area contributed by atoms with E-state index in [2.05, 4.69) is 5.16 Å². The number of hydrogen-bond acceptors (Lipinski definition) is 3. The van der Waals surface area contributed by atoms with Crippen LogP contribution in [-0.2, 0) is 11.3 Å². The number of hydrogen-bond donors (Lipinski definition) is 2. The van der Waals surface area contributed by atoms with Gasteiger partial charge in [0.05, 0.1) is 0 Å². The quantitative estimate of drug-likeness (QED) is 0.271. The lowest BCUT2D eigenvalue weighted by Gasteiger charge is -1.96. The van der Waals surface area contributed by atoms with Crippen LogP contribution in [0.5, 0.6) is 0 Å². The first kappa shape index (κ1) is 13.6. The molecule has 0 spiro atoms. The largest absolute Gasteiger partial charge is 1.00 e. The molecule has 5 nitrogen and oxygen atoms in total. The van der Waals surface area contributed by atoms with Crippen molar-refractivity contribution in [2.75, 3.05) is 0 Å². The Bertz CT molecular complexity index is 355. The van der Waals surface area contributed by atoms with Gasteiger partial charge in [0.1, 0.15) is 12.6 Å². The van der Waals surface area contributed by atoms with Gasteiger partial charge in [-0.05, 0) is 6.07 Å². The van der Waals surface area contributed by atoms with E-state index in [0.717, 1.165) is 0 Å². The maximum Gasteiger partial charge on any atom is 0.309 e. The Kier molecular flexibility index (Phi) is 6.28. The van der Waals surface area contributed by atoms with Crippen molar-refractivity contribution in [3.63, 3.8) is 0 Å². The number of rotatable bonds is 4. The normalized spacial score (nSPS) is 9.87. The van der Waals surface area contributed by atoms with Crippen LogP contribution in [0.2, 0.25) is 0 Å². The highest BCUT2D eigenvalue weighted by atomic mass is 79.9. The number of carboxylic acids is 1. The average Bonchev–Trinajstić information content (AvgIpc) is 2.17. The number of halogens is 1. The van der Waals surface area contributed by atoms with Crippen molar-refractivity contribution >= 4 is 12.2 Å². The zero-order valence-electron chi connectivity index (χ0n) is 7.88. The fourth-order valence-corrected chi connectivity index (χ4v) is 1.09. The molecule has 0 aromatic carbocycles. The van der Waals surface area contributed by atoms with E-state index in [1.165, 1.54) is 6.21 Å². The van der Waals surface area contributed by atoms with Crippen LogP contribution in [0, 0.1) is 0 Å². The third kappa shape index (κ3) is 4.55. The Morgan fingerprint density at radius 2 is 2.27 bits per heavy atom. The Labute approximate surface area is 97.4 Å². The zero-order chi connectivity index (χ0) is 10.4. The number of aliphatic carboxylic acids is 1. The van der Waals surface area contributed by atoms with Crippen LogP contribution >= 0.6 is 0 Å². The van der Waals surface area contributed by atoms with Crippen molar-refractivity contribution in [1.29, 1.82) is 0 Å². The van der Waals surface area contributed by atoms with Gasteiger partial charge in [-0.3, -0.25) is 4.79 Å². The first-order valence-electron chi connectivity index (χ1n) is 4.11. The van der Waals surface area contributed by atoms with Crippen molar-refractivity contribution in [3.8, 4) is 0 Å².